The molecule has 34 heavy (non-hydrogen) atoms. The number of hydrogen-bond acceptors (Lipinski definition) is 7. The summed E-state index contributed by atoms with van der Waals surface area (Å²) in [4.78, 5) is 12.6. The van der Waals surface area contributed by atoms with Crippen LogP contribution in [0.4, 0.5) is 0 Å². The third-order valence-electron chi connectivity index (χ3n) is 5.57. The van der Waals surface area contributed by atoms with Crippen molar-refractivity contribution in [3.8, 4) is 0 Å². The number of rotatable bonds is 9. The minimum atomic E-state index is -1.50. The Morgan fingerprint density at radius 1 is 0.765 bits per heavy atom. The molecule has 3 aromatic rings. The van der Waals surface area contributed by atoms with E-state index < -0.39 is 36.7 Å². The van der Waals surface area contributed by atoms with Gasteiger partial charge in [-0.15, -0.1) is 0 Å². The smallest absolute Gasteiger partial charge is 0.338 e. The Hall–Kier alpha value is -3.07. The van der Waals surface area contributed by atoms with Crippen LogP contribution in [-0.2, 0) is 32.2 Å². The Morgan fingerprint density at radius 2 is 1.32 bits per heavy atom. The van der Waals surface area contributed by atoms with Crippen molar-refractivity contribution in [2.24, 2.45) is 0 Å². The Balaban J connectivity index is 1.45. The molecule has 1 aliphatic heterocycles. The number of esters is 1. The average Bonchev–Trinajstić information content (AvgIpc) is 2.88. The van der Waals surface area contributed by atoms with E-state index >= 15 is 0 Å². The SMILES string of the molecule is O=C(O[C@@H]1[C@@H](OCc2ccccc2)[C@H](O)[C@@H](COCc2ccccc2)O[C@@H]1O)c1ccccc1. The monoisotopic (exact) mass is 464 g/mol. The van der Waals surface area contributed by atoms with Crippen LogP contribution in [0.25, 0.3) is 0 Å². The van der Waals surface area contributed by atoms with Crippen molar-refractivity contribution in [3.63, 3.8) is 0 Å². The van der Waals surface area contributed by atoms with Gasteiger partial charge in [0.2, 0.25) is 0 Å². The molecule has 4 rings (SSSR count). The summed E-state index contributed by atoms with van der Waals surface area (Å²) in [5, 5.41) is 21.7. The van der Waals surface area contributed by atoms with E-state index in [-0.39, 0.29) is 13.2 Å². The van der Waals surface area contributed by atoms with Crippen LogP contribution in [-0.4, -0.2) is 53.5 Å². The normalized spacial score (nSPS) is 24.5. The first-order valence-corrected chi connectivity index (χ1v) is 11.2. The lowest BCUT2D eigenvalue weighted by molar-refractivity contribution is -0.297. The Labute approximate surface area is 198 Å². The third-order valence-corrected chi connectivity index (χ3v) is 5.57. The number of carbonyl (C=O) groups excluding carboxylic acids is 1. The van der Waals surface area contributed by atoms with Crippen LogP contribution in [0, 0.1) is 0 Å². The van der Waals surface area contributed by atoms with Gasteiger partial charge in [0.05, 0.1) is 25.4 Å². The van der Waals surface area contributed by atoms with Crippen molar-refractivity contribution < 1.29 is 34.0 Å². The molecule has 0 amide bonds. The highest BCUT2D eigenvalue weighted by Crippen LogP contribution is 2.27. The van der Waals surface area contributed by atoms with Gasteiger partial charge in [-0.2, -0.15) is 0 Å². The van der Waals surface area contributed by atoms with Crippen LogP contribution < -0.4 is 0 Å². The number of ether oxygens (including phenoxy) is 4. The van der Waals surface area contributed by atoms with Gasteiger partial charge in [0.25, 0.3) is 0 Å². The number of aliphatic hydroxyl groups is 2. The zero-order valence-corrected chi connectivity index (χ0v) is 18.6. The van der Waals surface area contributed by atoms with E-state index in [0.717, 1.165) is 11.1 Å². The number of aliphatic hydroxyl groups excluding tert-OH is 2. The Morgan fingerprint density at radius 3 is 1.94 bits per heavy atom. The molecule has 2 N–H and O–H groups in total. The fraction of sp³-hybridized carbons (Fsp3) is 0.296. The molecule has 0 aromatic heterocycles. The topological polar surface area (TPSA) is 94.5 Å². The highest BCUT2D eigenvalue weighted by atomic mass is 16.7. The van der Waals surface area contributed by atoms with E-state index in [4.69, 9.17) is 18.9 Å². The molecule has 3 aromatic carbocycles. The standard InChI is InChI=1S/C27H28O7/c28-23-22(18-31-16-19-10-4-1-5-11-19)33-27(30)25(34-26(29)21-14-8-3-9-15-21)24(23)32-17-20-12-6-2-7-13-20/h1-15,22-25,27-28,30H,16-18H2/t22-,23-,24+,25-,27+/m1/s1. The Kier molecular flexibility index (Phi) is 8.41. The minimum Gasteiger partial charge on any atom is -0.450 e. The molecule has 1 fully saturated rings. The van der Waals surface area contributed by atoms with Crippen LogP contribution in [0.15, 0.2) is 91.0 Å². The Bertz CT molecular complexity index is 1010. The lowest BCUT2D eigenvalue weighted by Gasteiger charge is -2.42. The zero-order chi connectivity index (χ0) is 23.8. The second-order valence-corrected chi connectivity index (χ2v) is 8.05. The molecule has 0 aliphatic carbocycles. The second-order valence-electron chi connectivity index (χ2n) is 8.05. The number of hydrogen-bond donors (Lipinski definition) is 2. The second kappa shape index (κ2) is 11.9. The molecular formula is C27H28O7. The van der Waals surface area contributed by atoms with Gasteiger partial charge >= 0.3 is 5.97 Å². The first-order valence-electron chi connectivity index (χ1n) is 11.2. The molecular weight excluding hydrogens is 436 g/mol. The summed E-state index contributed by atoms with van der Waals surface area (Å²) in [6, 6.07) is 27.4. The lowest BCUT2D eigenvalue weighted by Crippen LogP contribution is -2.60. The summed E-state index contributed by atoms with van der Waals surface area (Å²) >= 11 is 0. The van der Waals surface area contributed by atoms with Crippen molar-refractivity contribution in [1.82, 2.24) is 0 Å². The van der Waals surface area contributed by atoms with Gasteiger partial charge in [0.1, 0.15) is 18.3 Å². The van der Waals surface area contributed by atoms with Gasteiger partial charge in [-0.25, -0.2) is 4.79 Å². The van der Waals surface area contributed by atoms with Crippen LogP contribution >= 0.6 is 0 Å². The van der Waals surface area contributed by atoms with Crippen LogP contribution in [0.1, 0.15) is 21.5 Å². The molecule has 7 nitrogen and oxygen atoms in total. The fourth-order valence-electron chi connectivity index (χ4n) is 3.76. The third kappa shape index (κ3) is 6.28. The maximum Gasteiger partial charge on any atom is 0.338 e. The van der Waals surface area contributed by atoms with E-state index in [9.17, 15) is 15.0 Å². The van der Waals surface area contributed by atoms with E-state index in [1.54, 1.807) is 30.3 Å². The van der Waals surface area contributed by atoms with Gasteiger partial charge in [-0.1, -0.05) is 78.9 Å². The molecule has 5 atom stereocenters. The van der Waals surface area contributed by atoms with Crippen LogP contribution in [0.5, 0.6) is 0 Å². The quantitative estimate of drug-likeness (QED) is 0.470. The maximum atomic E-state index is 12.6. The summed E-state index contributed by atoms with van der Waals surface area (Å²) in [6.07, 6.45) is -5.82. The van der Waals surface area contributed by atoms with Crippen LogP contribution in [0.3, 0.4) is 0 Å². The molecule has 1 aliphatic rings. The molecule has 0 radical (unpaired) electrons. The van der Waals surface area contributed by atoms with Gasteiger partial charge < -0.3 is 29.2 Å². The predicted molar refractivity (Wildman–Crippen MR) is 124 cm³/mol. The van der Waals surface area contributed by atoms with E-state index in [0.29, 0.717) is 12.2 Å². The largest absolute Gasteiger partial charge is 0.450 e. The van der Waals surface area contributed by atoms with Gasteiger partial charge in [0, 0.05) is 0 Å². The number of carbonyl (C=O) groups is 1. The zero-order valence-electron chi connectivity index (χ0n) is 18.6. The minimum absolute atomic E-state index is 0.0255. The fourth-order valence-corrected chi connectivity index (χ4v) is 3.76. The summed E-state index contributed by atoms with van der Waals surface area (Å²) in [5.41, 5.74) is 2.17. The molecule has 0 spiro atoms. The average molecular weight is 465 g/mol. The molecule has 7 heteroatoms. The molecule has 1 saturated heterocycles. The summed E-state index contributed by atoms with van der Waals surface area (Å²) in [7, 11) is 0. The molecule has 178 valence electrons. The van der Waals surface area contributed by atoms with Gasteiger partial charge in [-0.05, 0) is 23.3 Å². The first kappa shape index (κ1) is 24.1. The van der Waals surface area contributed by atoms with Crippen molar-refractivity contribution in [2.45, 2.75) is 43.9 Å². The predicted octanol–water partition coefficient (Wildman–Crippen LogP) is 3.09. The van der Waals surface area contributed by atoms with E-state index in [1.165, 1.54) is 0 Å². The van der Waals surface area contributed by atoms with Crippen molar-refractivity contribution >= 4 is 5.97 Å². The summed E-state index contributed by atoms with van der Waals surface area (Å²) in [5.74, 6) is -0.646. The highest BCUT2D eigenvalue weighted by molar-refractivity contribution is 5.89. The molecule has 0 unspecified atom stereocenters. The first-order chi connectivity index (χ1) is 16.6. The summed E-state index contributed by atoms with van der Waals surface area (Å²) in [6.45, 7) is 0.509. The molecule has 0 bridgehead atoms. The van der Waals surface area contributed by atoms with Gasteiger partial charge in [0.15, 0.2) is 12.4 Å². The van der Waals surface area contributed by atoms with E-state index in [2.05, 4.69) is 0 Å². The number of benzene rings is 3. The van der Waals surface area contributed by atoms with Crippen molar-refractivity contribution in [2.75, 3.05) is 6.61 Å². The van der Waals surface area contributed by atoms with Gasteiger partial charge in [-0.3, -0.25) is 0 Å². The molecule has 0 saturated carbocycles. The van der Waals surface area contributed by atoms with Crippen LogP contribution in [0.2, 0.25) is 0 Å². The lowest BCUT2D eigenvalue weighted by atomic mass is 9.98. The maximum absolute atomic E-state index is 12.6. The van der Waals surface area contributed by atoms with E-state index in [1.807, 2.05) is 60.7 Å². The van der Waals surface area contributed by atoms with Crippen molar-refractivity contribution in [3.05, 3.63) is 108 Å². The highest BCUT2D eigenvalue weighted by Gasteiger charge is 2.48. The molecule has 1 heterocycles. The van der Waals surface area contributed by atoms with Crippen molar-refractivity contribution in [1.29, 1.82) is 0 Å². The summed E-state index contributed by atoms with van der Waals surface area (Å²) < 4.78 is 22.8.